The summed E-state index contributed by atoms with van der Waals surface area (Å²) in [5.41, 5.74) is 0. The fraction of sp³-hybridized carbons (Fsp3) is 0.929. The second-order valence-corrected chi connectivity index (χ2v) is 5.82. The summed E-state index contributed by atoms with van der Waals surface area (Å²) in [6.45, 7) is 3.17. The highest BCUT2D eigenvalue weighted by atomic mass is 16.2. The molecular formula is C14H26N2O. The number of rotatable bonds is 4. The molecule has 0 aromatic rings. The van der Waals surface area contributed by atoms with E-state index in [1.807, 2.05) is 11.9 Å². The van der Waals surface area contributed by atoms with Crippen molar-refractivity contribution in [1.29, 1.82) is 0 Å². The van der Waals surface area contributed by atoms with Gasteiger partial charge in [-0.1, -0.05) is 12.8 Å². The Kier molecular flexibility index (Phi) is 4.84. The van der Waals surface area contributed by atoms with Crippen LogP contribution in [0.4, 0.5) is 0 Å². The molecular weight excluding hydrogens is 212 g/mol. The Morgan fingerprint density at radius 1 is 1.12 bits per heavy atom. The Bertz CT molecular complexity index is 243. The van der Waals surface area contributed by atoms with Crippen molar-refractivity contribution in [3.63, 3.8) is 0 Å². The molecule has 2 fully saturated rings. The lowest BCUT2D eigenvalue weighted by Crippen LogP contribution is -2.35. The maximum Gasteiger partial charge on any atom is 0.222 e. The molecule has 3 heteroatoms. The first-order chi connectivity index (χ1) is 8.25. The van der Waals surface area contributed by atoms with Gasteiger partial charge in [0.2, 0.25) is 5.91 Å². The van der Waals surface area contributed by atoms with Gasteiger partial charge < -0.3 is 10.2 Å². The van der Waals surface area contributed by atoms with E-state index in [4.69, 9.17) is 0 Å². The van der Waals surface area contributed by atoms with Gasteiger partial charge in [-0.25, -0.2) is 0 Å². The second kappa shape index (κ2) is 6.39. The standard InChI is InChI=1S/C14H26N2O/c1-16(11-13-4-2-3-5-13)14(17)10-12-6-8-15-9-7-12/h12-13,15H,2-11H2,1H3. The van der Waals surface area contributed by atoms with Crippen LogP contribution < -0.4 is 5.32 Å². The van der Waals surface area contributed by atoms with Crippen LogP contribution in [0, 0.1) is 11.8 Å². The second-order valence-electron chi connectivity index (χ2n) is 5.82. The quantitative estimate of drug-likeness (QED) is 0.812. The van der Waals surface area contributed by atoms with E-state index in [1.165, 1.54) is 38.5 Å². The van der Waals surface area contributed by atoms with Gasteiger partial charge in [-0.05, 0) is 50.6 Å². The van der Waals surface area contributed by atoms with Crippen LogP contribution >= 0.6 is 0 Å². The molecule has 0 unspecified atom stereocenters. The summed E-state index contributed by atoms with van der Waals surface area (Å²) in [4.78, 5) is 14.1. The van der Waals surface area contributed by atoms with Crippen LogP contribution in [0.1, 0.15) is 44.9 Å². The molecule has 0 radical (unpaired) electrons. The highest BCUT2D eigenvalue weighted by molar-refractivity contribution is 5.76. The predicted molar refractivity (Wildman–Crippen MR) is 69.8 cm³/mol. The number of nitrogens with one attached hydrogen (secondary N) is 1. The van der Waals surface area contributed by atoms with E-state index in [-0.39, 0.29) is 0 Å². The molecule has 0 aromatic carbocycles. The molecule has 0 atom stereocenters. The van der Waals surface area contributed by atoms with Crippen LogP contribution in [0.2, 0.25) is 0 Å². The van der Waals surface area contributed by atoms with Gasteiger partial charge in [-0.15, -0.1) is 0 Å². The fourth-order valence-electron chi connectivity index (χ4n) is 3.17. The van der Waals surface area contributed by atoms with Gasteiger partial charge in [0.25, 0.3) is 0 Å². The van der Waals surface area contributed by atoms with Crippen LogP contribution in [-0.2, 0) is 4.79 Å². The summed E-state index contributed by atoms with van der Waals surface area (Å²) < 4.78 is 0. The first-order valence-electron chi connectivity index (χ1n) is 7.20. The van der Waals surface area contributed by atoms with Crippen molar-refractivity contribution in [3.05, 3.63) is 0 Å². The molecule has 1 amide bonds. The molecule has 0 aromatic heterocycles. The number of hydrogen-bond acceptors (Lipinski definition) is 2. The molecule has 0 bridgehead atoms. The van der Waals surface area contributed by atoms with E-state index < -0.39 is 0 Å². The zero-order chi connectivity index (χ0) is 12.1. The third kappa shape index (κ3) is 3.98. The molecule has 1 saturated carbocycles. The number of piperidine rings is 1. The summed E-state index contributed by atoms with van der Waals surface area (Å²) in [7, 11) is 1.99. The van der Waals surface area contributed by atoms with Gasteiger partial charge in [0.1, 0.15) is 0 Å². The minimum atomic E-state index is 0.365. The van der Waals surface area contributed by atoms with Crippen LogP contribution in [-0.4, -0.2) is 37.5 Å². The summed E-state index contributed by atoms with van der Waals surface area (Å²) in [5, 5.41) is 3.35. The summed E-state index contributed by atoms with van der Waals surface area (Å²) >= 11 is 0. The predicted octanol–water partition coefficient (Wildman–Crippen LogP) is 2.02. The number of amides is 1. The molecule has 0 spiro atoms. The van der Waals surface area contributed by atoms with Crippen LogP contribution in [0.3, 0.4) is 0 Å². The van der Waals surface area contributed by atoms with E-state index in [0.29, 0.717) is 11.8 Å². The van der Waals surface area contributed by atoms with Gasteiger partial charge in [0.05, 0.1) is 0 Å². The van der Waals surface area contributed by atoms with Gasteiger partial charge in [0, 0.05) is 20.0 Å². The zero-order valence-corrected chi connectivity index (χ0v) is 11.1. The Balaban J connectivity index is 1.70. The lowest BCUT2D eigenvalue weighted by Gasteiger charge is -2.26. The molecule has 17 heavy (non-hydrogen) atoms. The topological polar surface area (TPSA) is 32.3 Å². The van der Waals surface area contributed by atoms with Crippen molar-refractivity contribution in [3.8, 4) is 0 Å². The molecule has 1 aliphatic heterocycles. The largest absolute Gasteiger partial charge is 0.345 e. The SMILES string of the molecule is CN(CC1CCCC1)C(=O)CC1CCNCC1. The summed E-state index contributed by atoms with van der Waals surface area (Å²) in [6, 6.07) is 0. The lowest BCUT2D eigenvalue weighted by atomic mass is 9.94. The average Bonchev–Trinajstić information content (AvgIpc) is 2.83. The fourth-order valence-corrected chi connectivity index (χ4v) is 3.17. The minimum absolute atomic E-state index is 0.365. The summed E-state index contributed by atoms with van der Waals surface area (Å²) in [5.74, 6) is 1.76. The maximum absolute atomic E-state index is 12.1. The summed E-state index contributed by atoms with van der Waals surface area (Å²) in [6.07, 6.45) is 8.48. The highest BCUT2D eigenvalue weighted by Crippen LogP contribution is 2.25. The van der Waals surface area contributed by atoms with Crippen molar-refractivity contribution >= 4 is 5.91 Å². The molecule has 2 aliphatic rings. The molecule has 3 nitrogen and oxygen atoms in total. The molecule has 98 valence electrons. The Morgan fingerprint density at radius 2 is 1.76 bits per heavy atom. The number of nitrogens with zero attached hydrogens (tertiary/aromatic N) is 1. The Morgan fingerprint density at radius 3 is 2.41 bits per heavy atom. The third-order valence-electron chi connectivity index (χ3n) is 4.35. The molecule has 1 N–H and O–H groups in total. The van der Waals surface area contributed by atoms with Gasteiger partial charge >= 0.3 is 0 Å². The van der Waals surface area contributed by atoms with Crippen molar-refractivity contribution in [1.82, 2.24) is 10.2 Å². The zero-order valence-electron chi connectivity index (χ0n) is 11.1. The average molecular weight is 238 g/mol. The van der Waals surface area contributed by atoms with Crippen LogP contribution in [0.25, 0.3) is 0 Å². The van der Waals surface area contributed by atoms with Gasteiger partial charge in [-0.3, -0.25) is 4.79 Å². The van der Waals surface area contributed by atoms with E-state index in [9.17, 15) is 4.79 Å². The number of carbonyl (C=O) groups excluding carboxylic acids is 1. The van der Waals surface area contributed by atoms with Crippen molar-refractivity contribution in [2.45, 2.75) is 44.9 Å². The normalized spacial score (nSPS) is 22.9. The van der Waals surface area contributed by atoms with E-state index in [2.05, 4.69) is 5.32 Å². The Labute approximate surface area is 105 Å². The smallest absolute Gasteiger partial charge is 0.222 e. The first kappa shape index (κ1) is 12.9. The van der Waals surface area contributed by atoms with Crippen LogP contribution in [0.5, 0.6) is 0 Å². The number of hydrogen-bond donors (Lipinski definition) is 1. The monoisotopic (exact) mass is 238 g/mol. The highest BCUT2D eigenvalue weighted by Gasteiger charge is 2.22. The Hall–Kier alpha value is -0.570. The van der Waals surface area contributed by atoms with Crippen molar-refractivity contribution in [2.75, 3.05) is 26.7 Å². The lowest BCUT2D eigenvalue weighted by molar-refractivity contribution is -0.131. The van der Waals surface area contributed by atoms with Crippen molar-refractivity contribution in [2.24, 2.45) is 11.8 Å². The van der Waals surface area contributed by atoms with E-state index >= 15 is 0 Å². The van der Waals surface area contributed by atoms with Gasteiger partial charge in [0.15, 0.2) is 0 Å². The van der Waals surface area contributed by atoms with E-state index in [0.717, 1.165) is 32.0 Å². The minimum Gasteiger partial charge on any atom is -0.345 e. The first-order valence-corrected chi connectivity index (χ1v) is 7.20. The molecule has 1 aliphatic carbocycles. The number of carbonyl (C=O) groups is 1. The molecule has 1 saturated heterocycles. The molecule has 2 rings (SSSR count). The molecule has 1 heterocycles. The van der Waals surface area contributed by atoms with Crippen LogP contribution in [0.15, 0.2) is 0 Å². The van der Waals surface area contributed by atoms with Crippen molar-refractivity contribution < 1.29 is 4.79 Å². The maximum atomic E-state index is 12.1. The third-order valence-corrected chi connectivity index (χ3v) is 4.35. The van der Waals surface area contributed by atoms with Gasteiger partial charge in [-0.2, -0.15) is 0 Å². The van der Waals surface area contributed by atoms with E-state index in [1.54, 1.807) is 0 Å².